The van der Waals surface area contributed by atoms with Gasteiger partial charge in [0, 0.05) is 38.2 Å². The first-order valence-electron chi connectivity index (χ1n) is 10.7. The molecule has 0 radical (unpaired) electrons. The highest BCUT2D eigenvalue weighted by Crippen LogP contribution is 2.43. The number of hydrogen-bond acceptors (Lipinski definition) is 5. The predicted molar refractivity (Wildman–Crippen MR) is 107 cm³/mol. The quantitative estimate of drug-likeness (QED) is 0.644. The van der Waals surface area contributed by atoms with Crippen LogP contribution in [-0.4, -0.2) is 48.3 Å². The maximum Gasteiger partial charge on any atom is 0.255 e. The van der Waals surface area contributed by atoms with E-state index in [1.54, 1.807) is 4.90 Å². The second-order valence-electron chi connectivity index (χ2n) is 9.23. The van der Waals surface area contributed by atoms with Gasteiger partial charge in [-0.05, 0) is 60.8 Å². The Hall–Kier alpha value is -2.25. The maximum absolute atomic E-state index is 12.8. The molecule has 4 aliphatic rings. The molecular weight excluding hydrogens is 368 g/mol. The zero-order chi connectivity index (χ0) is 20.0. The second-order valence-corrected chi connectivity index (χ2v) is 9.23. The van der Waals surface area contributed by atoms with Crippen molar-refractivity contribution >= 4 is 17.7 Å². The number of hydrogen-bond donors (Lipinski definition) is 3. The zero-order valence-corrected chi connectivity index (χ0v) is 16.6. The van der Waals surface area contributed by atoms with Crippen LogP contribution in [0.2, 0.25) is 0 Å². The Kier molecular flexibility index (Phi) is 4.67. The lowest BCUT2D eigenvalue weighted by atomic mass is 9.83. The molecular formula is C22H28N4O3. The number of benzene rings is 1. The number of carbonyl (C=O) groups is 3. The third kappa shape index (κ3) is 3.46. The van der Waals surface area contributed by atoms with E-state index in [4.69, 9.17) is 0 Å². The highest BCUT2D eigenvalue weighted by Gasteiger charge is 2.42. The molecule has 3 aliphatic heterocycles. The van der Waals surface area contributed by atoms with Crippen LogP contribution in [-0.2, 0) is 22.7 Å². The van der Waals surface area contributed by atoms with E-state index in [1.807, 2.05) is 12.1 Å². The Balaban J connectivity index is 1.22. The van der Waals surface area contributed by atoms with E-state index in [9.17, 15) is 14.4 Å². The SMILES string of the molecule is O=C1CCC(N2Cc3cc(CNCC45CCC(CNC4)C5)ccc3C2=O)C(=O)N1. The van der Waals surface area contributed by atoms with Crippen molar-refractivity contribution in [1.82, 2.24) is 20.9 Å². The van der Waals surface area contributed by atoms with Gasteiger partial charge in [0.15, 0.2) is 0 Å². The first kappa shape index (κ1) is 18.8. The zero-order valence-electron chi connectivity index (χ0n) is 16.6. The van der Waals surface area contributed by atoms with Gasteiger partial charge in [-0.25, -0.2) is 0 Å². The molecule has 3 heterocycles. The van der Waals surface area contributed by atoms with Crippen LogP contribution in [0.4, 0.5) is 0 Å². The van der Waals surface area contributed by atoms with Gasteiger partial charge in [-0.2, -0.15) is 0 Å². The van der Waals surface area contributed by atoms with Crippen LogP contribution in [0.1, 0.15) is 53.6 Å². The first-order chi connectivity index (χ1) is 14.0. The van der Waals surface area contributed by atoms with Crippen LogP contribution in [0.5, 0.6) is 0 Å². The van der Waals surface area contributed by atoms with Crippen LogP contribution in [0.3, 0.4) is 0 Å². The fraction of sp³-hybridized carbons (Fsp3) is 0.591. The van der Waals surface area contributed by atoms with Crippen molar-refractivity contribution in [3.8, 4) is 0 Å². The Labute approximate surface area is 170 Å². The van der Waals surface area contributed by atoms with E-state index >= 15 is 0 Å². The third-order valence-electron chi connectivity index (χ3n) is 7.15. The van der Waals surface area contributed by atoms with Gasteiger partial charge in [0.1, 0.15) is 6.04 Å². The number of carbonyl (C=O) groups excluding carboxylic acids is 3. The van der Waals surface area contributed by atoms with Gasteiger partial charge < -0.3 is 15.5 Å². The summed E-state index contributed by atoms with van der Waals surface area (Å²) in [6, 6.07) is 5.42. The molecule has 7 heteroatoms. The van der Waals surface area contributed by atoms with Crippen molar-refractivity contribution in [3.63, 3.8) is 0 Å². The molecule has 1 aliphatic carbocycles. The summed E-state index contributed by atoms with van der Waals surface area (Å²) < 4.78 is 0. The monoisotopic (exact) mass is 396 g/mol. The molecule has 1 aromatic carbocycles. The highest BCUT2D eigenvalue weighted by molar-refractivity contribution is 6.05. The van der Waals surface area contributed by atoms with E-state index in [0.29, 0.717) is 23.9 Å². The van der Waals surface area contributed by atoms with E-state index in [0.717, 1.165) is 36.7 Å². The van der Waals surface area contributed by atoms with Crippen LogP contribution in [0, 0.1) is 11.3 Å². The highest BCUT2D eigenvalue weighted by atomic mass is 16.2. The molecule has 2 bridgehead atoms. The lowest BCUT2D eigenvalue weighted by molar-refractivity contribution is -0.136. The molecule has 3 atom stereocenters. The lowest BCUT2D eigenvalue weighted by Gasteiger charge is -2.34. The summed E-state index contributed by atoms with van der Waals surface area (Å²) in [5, 5.41) is 9.57. The van der Waals surface area contributed by atoms with Gasteiger partial charge in [-0.3, -0.25) is 19.7 Å². The summed E-state index contributed by atoms with van der Waals surface area (Å²) in [4.78, 5) is 37.9. The third-order valence-corrected chi connectivity index (χ3v) is 7.15. The Bertz CT molecular complexity index is 866. The van der Waals surface area contributed by atoms with Crippen molar-refractivity contribution in [3.05, 3.63) is 34.9 Å². The van der Waals surface area contributed by atoms with E-state index in [-0.39, 0.29) is 24.1 Å². The fourth-order valence-electron chi connectivity index (χ4n) is 5.64. The standard InChI is InChI=1S/C22H28N4O3/c27-19-4-3-18(20(28)25-19)26-11-16-7-14(1-2-17(16)21(26)29)9-23-12-22-6-5-15(8-22)10-24-13-22/h1-2,7,15,18,23-24H,3-6,8-13H2,(H,25,27,28). The molecule has 1 saturated carbocycles. The molecule has 29 heavy (non-hydrogen) atoms. The maximum atomic E-state index is 12.8. The molecule has 3 unspecified atom stereocenters. The predicted octanol–water partition coefficient (Wildman–Crippen LogP) is 0.927. The molecule has 1 aromatic rings. The van der Waals surface area contributed by atoms with Gasteiger partial charge >= 0.3 is 0 Å². The lowest BCUT2D eigenvalue weighted by Crippen LogP contribution is -2.52. The topological polar surface area (TPSA) is 90.5 Å². The molecule has 2 saturated heterocycles. The average molecular weight is 396 g/mol. The minimum atomic E-state index is -0.553. The molecule has 5 rings (SSSR count). The molecule has 0 spiro atoms. The molecule has 0 aromatic heterocycles. The largest absolute Gasteiger partial charge is 0.322 e. The summed E-state index contributed by atoms with van der Waals surface area (Å²) in [5.41, 5.74) is 3.21. The average Bonchev–Trinajstić information content (AvgIpc) is 3.18. The van der Waals surface area contributed by atoms with E-state index in [1.165, 1.54) is 25.8 Å². The number of nitrogens with one attached hydrogen (secondary N) is 3. The molecule has 3 amide bonds. The summed E-state index contributed by atoms with van der Waals surface area (Å²) in [5.74, 6) is 0.109. The number of piperidine rings is 2. The normalized spacial score (nSPS) is 31.2. The summed E-state index contributed by atoms with van der Waals surface area (Å²) in [6.07, 6.45) is 4.65. The molecule has 154 valence electrons. The van der Waals surface area contributed by atoms with Crippen molar-refractivity contribution in [2.24, 2.45) is 11.3 Å². The number of fused-ring (bicyclic) bond motifs is 3. The van der Waals surface area contributed by atoms with Gasteiger partial charge in [0.25, 0.3) is 5.91 Å². The number of imide groups is 1. The number of nitrogens with zero attached hydrogens (tertiary/aromatic N) is 1. The van der Waals surface area contributed by atoms with Crippen LogP contribution in [0.25, 0.3) is 0 Å². The fourth-order valence-corrected chi connectivity index (χ4v) is 5.64. The van der Waals surface area contributed by atoms with Crippen molar-refractivity contribution in [2.75, 3.05) is 19.6 Å². The molecule has 7 nitrogen and oxygen atoms in total. The summed E-state index contributed by atoms with van der Waals surface area (Å²) in [6.45, 7) is 4.52. The minimum Gasteiger partial charge on any atom is -0.322 e. The molecule has 3 N–H and O–H groups in total. The Morgan fingerprint density at radius 3 is 2.97 bits per heavy atom. The second kappa shape index (κ2) is 7.22. The van der Waals surface area contributed by atoms with Gasteiger partial charge in [-0.15, -0.1) is 0 Å². The number of amides is 3. The van der Waals surface area contributed by atoms with E-state index in [2.05, 4.69) is 22.0 Å². The van der Waals surface area contributed by atoms with Gasteiger partial charge in [-0.1, -0.05) is 12.1 Å². The van der Waals surface area contributed by atoms with E-state index < -0.39 is 6.04 Å². The van der Waals surface area contributed by atoms with Crippen LogP contribution < -0.4 is 16.0 Å². The number of rotatable bonds is 5. The van der Waals surface area contributed by atoms with Crippen molar-refractivity contribution in [1.29, 1.82) is 0 Å². The Morgan fingerprint density at radius 2 is 2.10 bits per heavy atom. The van der Waals surface area contributed by atoms with Gasteiger partial charge in [0.2, 0.25) is 11.8 Å². The van der Waals surface area contributed by atoms with Gasteiger partial charge in [0.05, 0.1) is 0 Å². The van der Waals surface area contributed by atoms with Crippen molar-refractivity contribution in [2.45, 2.75) is 51.2 Å². The van der Waals surface area contributed by atoms with Crippen molar-refractivity contribution < 1.29 is 14.4 Å². The summed E-state index contributed by atoms with van der Waals surface area (Å²) >= 11 is 0. The van der Waals surface area contributed by atoms with Crippen LogP contribution >= 0.6 is 0 Å². The summed E-state index contributed by atoms with van der Waals surface area (Å²) in [7, 11) is 0. The Morgan fingerprint density at radius 1 is 1.21 bits per heavy atom. The van der Waals surface area contributed by atoms with Crippen LogP contribution in [0.15, 0.2) is 18.2 Å². The first-order valence-corrected chi connectivity index (χ1v) is 10.7. The minimum absolute atomic E-state index is 0.113. The smallest absolute Gasteiger partial charge is 0.255 e. The molecule has 3 fully saturated rings.